The summed E-state index contributed by atoms with van der Waals surface area (Å²) < 4.78 is 11.8. The number of carbonyl (C=O) groups excluding carboxylic acids is 4. The first-order valence-electron chi connectivity index (χ1n) is 11.7. The number of benzene rings is 3. The van der Waals surface area contributed by atoms with Crippen molar-refractivity contribution in [3.05, 3.63) is 84.4 Å². The Balaban J connectivity index is 1.57. The van der Waals surface area contributed by atoms with Gasteiger partial charge in [-0.05, 0) is 95.6 Å². The quantitative estimate of drug-likeness (QED) is 0.181. The minimum absolute atomic E-state index is 0.139. The van der Waals surface area contributed by atoms with Gasteiger partial charge in [-0.15, -0.1) is 0 Å². The van der Waals surface area contributed by atoms with Crippen molar-refractivity contribution in [2.75, 3.05) is 23.9 Å². The third-order valence-corrected chi connectivity index (χ3v) is 7.59. The van der Waals surface area contributed by atoms with Crippen molar-refractivity contribution >= 4 is 87.0 Å². The van der Waals surface area contributed by atoms with Crippen LogP contribution in [-0.2, 0) is 14.4 Å². The molecule has 0 saturated carbocycles. The smallest absolute Gasteiger partial charge is 0.335 e. The molecular formula is C28H22Cl2IN3O6. The van der Waals surface area contributed by atoms with Crippen LogP contribution in [0.5, 0.6) is 11.5 Å². The van der Waals surface area contributed by atoms with Crippen molar-refractivity contribution < 1.29 is 28.7 Å². The monoisotopic (exact) mass is 693 g/mol. The lowest BCUT2D eigenvalue weighted by Gasteiger charge is -2.26. The Hall–Kier alpha value is -3.61. The topological polar surface area (TPSA) is 114 Å². The number of barbiturate groups is 1. The summed E-state index contributed by atoms with van der Waals surface area (Å²) in [6.07, 6.45) is 1.33. The van der Waals surface area contributed by atoms with E-state index in [1.54, 1.807) is 12.1 Å². The van der Waals surface area contributed by atoms with Crippen LogP contribution in [0.25, 0.3) is 6.08 Å². The lowest BCUT2D eigenvalue weighted by Crippen LogP contribution is -2.54. The number of carbonyl (C=O) groups is 4. The van der Waals surface area contributed by atoms with E-state index >= 15 is 0 Å². The minimum atomic E-state index is -0.916. The number of urea groups is 1. The molecule has 0 unspecified atom stereocenters. The van der Waals surface area contributed by atoms with E-state index in [0.717, 1.165) is 16.0 Å². The highest BCUT2D eigenvalue weighted by Crippen LogP contribution is 2.35. The fraction of sp³-hybridized carbons (Fsp3) is 0.143. The fourth-order valence-corrected chi connectivity index (χ4v) is 4.93. The molecule has 4 rings (SSSR count). The maximum atomic E-state index is 13.2. The van der Waals surface area contributed by atoms with E-state index in [-0.39, 0.29) is 39.6 Å². The van der Waals surface area contributed by atoms with Gasteiger partial charge in [0.2, 0.25) is 0 Å². The fourth-order valence-electron chi connectivity index (χ4n) is 3.86. The van der Waals surface area contributed by atoms with Crippen LogP contribution in [0.3, 0.4) is 0 Å². The van der Waals surface area contributed by atoms with E-state index in [9.17, 15) is 19.2 Å². The molecule has 0 aromatic heterocycles. The highest BCUT2D eigenvalue weighted by Gasteiger charge is 2.37. The average Bonchev–Trinajstić information content (AvgIpc) is 2.90. The van der Waals surface area contributed by atoms with Gasteiger partial charge in [0, 0.05) is 5.69 Å². The van der Waals surface area contributed by atoms with Gasteiger partial charge in [-0.3, -0.25) is 19.7 Å². The van der Waals surface area contributed by atoms with Crippen molar-refractivity contribution in [1.29, 1.82) is 0 Å². The van der Waals surface area contributed by atoms with E-state index in [4.69, 9.17) is 32.7 Å². The number of halogens is 3. The van der Waals surface area contributed by atoms with Crippen LogP contribution in [0.2, 0.25) is 10.0 Å². The van der Waals surface area contributed by atoms with Crippen molar-refractivity contribution in [2.45, 2.75) is 13.8 Å². The van der Waals surface area contributed by atoms with E-state index in [0.29, 0.717) is 20.6 Å². The van der Waals surface area contributed by atoms with Crippen molar-refractivity contribution in [3.63, 3.8) is 0 Å². The first-order valence-corrected chi connectivity index (χ1v) is 13.6. The van der Waals surface area contributed by atoms with Crippen LogP contribution in [0.4, 0.5) is 16.2 Å². The number of hydrogen-bond donors (Lipinski definition) is 2. The summed E-state index contributed by atoms with van der Waals surface area (Å²) in [6.45, 7) is 3.60. The molecule has 2 N–H and O–H groups in total. The summed E-state index contributed by atoms with van der Waals surface area (Å²) in [6, 6.07) is 12.1. The predicted molar refractivity (Wildman–Crippen MR) is 161 cm³/mol. The van der Waals surface area contributed by atoms with Gasteiger partial charge in [-0.1, -0.05) is 35.3 Å². The Bertz CT molecular complexity index is 1590. The molecule has 9 nitrogen and oxygen atoms in total. The maximum Gasteiger partial charge on any atom is 0.335 e. The Labute approximate surface area is 253 Å². The first-order chi connectivity index (χ1) is 19.0. The standard InChI is InChI=1S/C28H22Cl2IN3O6/c1-14-5-4-6-22(15(14)2)32-24(35)13-40-25-21(31)10-16(11-23(25)39-3)9-18-26(36)33-28(38)34(27(18)37)17-7-8-19(29)20(30)12-17/h4-12H,13H2,1-3H3,(H,32,35)(H,33,36,38)/b18-9-. The highest BCUT2D eigenvalue weighted by atomic mass is 127. The Morgan fingerprint density at radius 2 is 1.82 bits per heavy atom. The van der Waals surface area contributed by atoms with Gasteiger partial charge < -0.3 is 14.8 Å². The molecule has 1 heterocycles. The second kappa shape index (κ2) is 12.3. The summed E-state index contributed by atoms with van der Waals surface area (Å²) in [4.78, 5) is 51.7. The summed E-state index contributed by atoms with van der Waals surface area (Å²) >= 11 is 14.0. The van der Waals surface area contributed by atoms with Crippen molar-refractivity contribution in [3.8, 4) is 11.5 Å². The van der Waals surface area contributed by atoms with E-state index in [1.807, 2.05) is 54.6 Å². The zero-order valence-electron chi connectivity index (χ0n) is 21.4. The van der Waals surface area contributed by atoms with Crippen LogP contribution in [0.1, 0.15) is 16.7 Å². The third kappa shape index (κ3) is 6.24. The van der Waals surface area contributed by atoms with Crippen LogP contribution in [0.15, 0.2) is 54.1 Å². The van der Waals surface area contributed by atoms with Gasteiger partial charge in [-0.25, -0.2) is 9.69 Å². The first kappa shape index (κ1) is 29.4. The van der Waals surface area contributed by atoms with E-state index in [1.165, 1.54) is 31.4 Å². The summed E-state index contributed by atoms with van der Waals surface area (Å²) in [7, 11) is 1.43. The van der Waals surface area contributed by atoms with Crippen LogP contribution >= 0.6 is 45.8 Å². The number of ether oxygens (including phenoxy) is 2. The molecular weight excluding hydrogens is 672 g/mol. The molecule has 0 spiro atoms. The van der Waals surface area contributed by atoms with Gasteiger partial charge in [0.15, 0.2) is 18.1 Å². The zero-order chi connectivity index (χ0) is 29.1. The number of hydrogen-bond acceptors (Lipinski definition) is 6. The number of amides is 5. The van der Waals surface area contributed by atoms with Gasteiger partial charge in [-0.2, -0.15) is 0 Å². The number of aryl methyl sites for hydroxylation is 1. The number of methoxy groups -OCH3 is 1. The predicted octanol–water partition coefficient (Wildman–Crippen LogP) is 5.91. The number of nitrogens with zero attached hydrogens (tertiary/aromatic N) is 1. The minimum Gasteiger partial charge on any atom is -0.493 e. The second-order valence-electron chi connectivity index (χ2n) is 8.67. The molecule has 1 saturated heterocycles. The van der Waals surface area contributed by atoms with Crippen molar-refractivity contribution in [1.82, 2.24) is 5.32 Å². The van der Waals surface area contributed by atoms with Crippen molar-refractivity contribution in [2.24, 2.45) is 0 Å². The molecule has 5 amide bonds. The Morgan fingerprint density at radius 3 is 2.52 bits per heavy atom. The number of nitrogens with one attached hydrogen (secondary N) is 2. The van der Waals surface area contributed by atoms with Crippen LogP contribution < -0.4 is 25.0 Å². The lowest BCUT2D eigenvalue weighted by molar-refractivity contribution is -0.122. The molecule has 3 aromatic rings. The molecule has 206 valence electrons. The summed E-state index contributed by atoms with van der Waals surface area (Å²) in [5.74, 6) is -1.46. The molecule has 12 heteroatoms. The van der Waals surface area contributed by atoms with Gasteiger partial charge in [0.05, 0.1) is 26.4 Å². The second-order valence-corrected chi connectivity index (χ2v) is 10.7. The highest BCUT2D eigenvalue weighted by molar-refractivity contribution is 14.1. The van der Waals surface area contributed by atoms with Gasteiger partial charge >= 0.3 is 6.03 Å². The molecule has 0 atom stereocenters. The van der Waals surface area contributed by atoms with Crippen LogP contribution in [-0.4, -0.2) is 37.5 Å². The van der Waals surface area contributed by atoms with Gasteiger partial charge in [0.1, 0.15) is 5.57 Å². The maximum absolute atomic E-state index is 13.2. The molecule has 1 aliphatic heterocycles. The van der Waals surface area contributed by atoms with Gasteiger partial charge in [0.25, 0.3) is 17.7 Å². The molecule has 0 bridgehead atoms. The molecule has 1 aliphatic rings. The number of anilines is 2. The lowest BCUT2D eigenvalue weighted by atomic mass is 10.1. The Morgan fingerprint density at radius 1 is 1.07 bits per heavy atom. The molecule has 0 radical (unpaired) electrons. The summed E-state index contributed by atoms with van der Waals surface area (Å²) in [5, 5.41) is 5.38. The molecule has 3 aromatic carbocycles. The largest absolute Gasteiger partial charge is 0.493 e. The molecule has 40 heavy (non-hydrogen) atoms. The zero-order valence-corrected chi connectivity index (χ0v) is 25.1. The number of rotatable bonds is 7. The SMILES string of the molecule is COc1cc(/C=C2/C(=O)NC(=O)N(c3ccc(Cl)c(Cl)c3)C2=O)cc(I)c1OCC(=O)Nc1cccc(C)c1C. The Kier molecular flexibility index (Phi) is 9.02. The third-order valence-electron chi connectivity index (χ3n) is 6.05. The average molecular weight is 694 g/mol. The van der Waals surface area contributed by atoms with E-state index in [2.05, 4.69) is 10.6 Å². The molecule has 1 fully saturated rings. The summed E-state index contributed by atoms with van der Waals surface area (Å²) in [5.41, 5.74) is 2.99. The normalized spacial score (nSPS) is 14.3. The van der Waals surface area contributed by atoms with Crippen LogP contribution in [0, 0.1) is 17.4 Å². The molecule has 0 aliphatic carbocycles. The van der Waals surface area contributed by atoms with E-state index < -0.39 is 17.8 Å². The number of imide groups is 2.